The maximum Gasteiger partial charge on any atom is 0.111 e. The zero-order valence-corrected chi connectivity index (χ0v) is 12.6. The van der Waals surface area contributed by atoms with Gasteiger partial charge in [0.05, 0.1) is 17.3 Å². The summed E-state index contributed by atoms with van der Waals surface area (Å²) in [4.78, 5) is 11.5. The van der Waals surface area contributed by atoms with Gasteiger partial charge in [-0.15, -0.1) is 11.8 Å². The largest absolute Gasteiger partial charge is 0.336 e. The van der Waals surface area contributed by atoms with Crippen molar-refractivity contribution in [2.45, 2.75) is 44.2 Å². The number of nitrogens with zero attached hydrogens (tertiary/aromatic N) is 3. The molecule has 98 valence electrons. The van der Waals surface area contributed by atoms with Crippen LogP contribution in [0.4, 0.5) is 0 Å². The minimum absolute atomic E-state index is 0.210. The van der Waals surface area contributed by atoms with Crippen molar-refractivity contribution in [2.24, 2.45) is 15.4 Å². The average molecular weight is 263 g/mol. The summed E-state index contributed by atoms with van der Waals surface area (Å²) in [6.07, 6.45) is 2.42. The van der Waals surface area contributed by atoms with Crippen molar-refractivity contribution in [1.29, 1.82) is 0 Å². The van der Waals surface area contributed by atoms with Crippen molar-refractivity contribution in [1.82, 2.24) is 4.90 Å². The Morgan fingerprint density at radius 2 is 2.28 bits per heavy atom. The van der Waals surface area contributed by atoms with Gasteiger partial charge in [-0.2, -0.15) is 0 Å². The second kappa shape index (κ2) is 3.86. The van der Waals surface area contributed by atoms with E-state index >= 15 is 0 Å². The van der Waals surface area contributed by atoms with Gasteiger partial charge in [-0.25, -0.2) is 0 Å². The summed E-state index contributed by atoms with van der Waals surface area (Å²) < 4.78 is 0. The Labute approximate surface area is 113 Å². The Bertz CT molecular complexity index is 479. The summed E-state index contributed by atoms with van der Waals surface area (Å²) >= 11 is 2.10. The first-order valence-electron chi connectivity index (χ1n) is 6.59. The molecule has 3 nitrogen and oxygen atoms in total. The Balaban J connectivity index is 2.04. The molecule has 3 aliphatic rings. The highest BCUT2D eigenvalue weighted by molar-refractivity contribution is 8.01. The lowest BCUT2D eigenvalue weighted by Gasteiger charge is -2.32. The van der Waals surface area contributed by atoms with E-state index in [2.05, 4.69) is 55.4 Å². The molecule has 2 heterocycles. The van der Waals surface area contributed by atoms with Gasteiger partial charge < -0.3 is 4.90 Å². The lowest BCUT2D eigenvalue weighted by molar-refractivity contribution is 0.376. The molecule has 4 atom stereocenters. The third kappa shape index (κ3) is 1.33. The Hall–Kier alpha value is -0.770. The second-order valence-electron chi connectivity index (χ2n) is 5.55. The van der Waals surface area contributed by atoms with E-state index in [4.69, 9.17) is 4.99 Å². The van der Waals surface area contributed by atoms with Crippen LogP contribution in [0.15, 0.2) is 21.6 Å². The van der Waals surface area contributed by atoms with Crippen molar-refractivity contribution in [3.8, 4) is 0 Å². The molecule has 0 aromatic rings. The van der Waals surface area contributed by atoms with E-state index in [1.54, 1.807) is 0 Å². The van der Waals surface area contributed by atoms with Crippen molar-refractivity contribution in [3.05, 3.63) is 11.6 Å². The van der Waals surface area contributed by atoms with Gasteiger partial charge in [0.2, 0.25) is 0 Å². The maximum atomic E-state index is 4.76. The van der Waals surface area contributed by atoms with E-state index in [0.29, 0.717) is 16.5 Å². The molecule has 1 spiro atoms. The molecule has 4 heteroatoms. The van der Waals surface area contributed by atoms with Crippen molar-refractivity contribution in [2.75, 3.05) is 13.7 Å². The molecular formula is C14H21N3S. The van der Waals surface area contributed by atoms with Crippen LogP contribution in [-0.2, 0) is 0 Å². The van der Waals surface area contributed by atoms with Gasteiger partial charge in [0.25, 0.3) is 0 Å². The molecule has 0 radical (unpaired) electrons. The van der Waals surface area contributed by atoms with Crippen molar-refractivity contribution < 1.29 is 0 Å². The first-order valence-corrected chi connectivity index (χ1v) is 7.53. The standard InChI is InChI=1S/C14H21N3S/c1-8-6-9(2)18-13-12-14(8,13)10(3)16-7-17(12)11(4)15-5/h6,9,12-13H,7H2,1-5H3/t9?,12-,13?,14?/m0/s1. The molecule has 3 rings (SSSR count). The van der Waals surface area contributed by atoms with Crippen LogP contribution in [0.25, 0.3) is 0 Å². The Kier molecular flexibility index (Phi) is 2.63. The number of aliphatic imine (C=N–C) groups is 2. The van der Waals surface area contributed by atoms with Crippen molar-refractivity contribution in [3.63, 3.8) is 0 Å². The van der Waals surface area contributed by atoms with Gasteiger partial charge in [-0.05, 0) is 27.7 Å². The molecular weight excluding hydrogens is 242 g/mol. The van der Waals surface area contributed by atoms with Gasteiger partial charge in [0.1, 0.15) is 6.67 Å². The van der Waals surface area contributed by atoms with Crippen LogP contribution in [0.1, 0.15) is 27.7 Å². The molecule has 0 N–H and O–H groups in total. The highest BCUT2D eigenvalue weighted by Crippen LogP contribution is 2.66. The number of rotatable bonds is 0. The van der Waals surface area contributed by atoms with Crippen LogP contribution in [0.5, 0.6) is 0 Å². The summed E-state index contributed by atoms with van der Waals surface area (Å²) in [6.45, 7) is 9.66. The smallest absolute Gasteiger partial charge is 0.111 e. The van der Waals surface area contributed by atoms with E-state index < -0.39 is 0 Å². The van der Waals surface area contributed by atoms with Gasteiger partial charge in [-0.1, -0.05) is 11.6 Å². The van der Waals surface area contributed by atoms with Gasteiger partial charge in [0, 0.05) is 23.3 Å². The zero-order valence-electron chi connectivity index (χ0n) is 11.8. The lowest BCUT2D eigenvalue weighted by atomic mass is 9.89. The second-order valence-corrected chi connectivity index (χ2v) is 7.07. The molecule has 2 aliphatic heterocycles. The Morgan fingerprint density at radius 1 is 1.56 bits per heavy atom. The molecule has 0 aromatic carbocycles. The number of thioether (sulfide) groups is 1. The third-order valence-electron chi connectivity index (χ3n) is 4.73. The molecule has 1 fully saturated rings. The first kappa shape index (κ1) is 12.3. The normalized spacial score (nSPS) is 42.8. The fourth-order valence-corrected chi connectivity index (χ4v) is 5.57. The fraction of sp³-hybridized carbons (Fsp3) is 0.714. The topological polar surface area (TPSA) is 28.0 Å². The van der Waals surface area contributed by atoms with E-state index in [0.717, 1.165) is 12.5 Å². The van der Waals surface area contributed by atoms with Gasteiger partial charge >= 0.3 is 0 Å². The summed E-state index contributed by atoms with van der Waals surface area (Å²) in [5.74, 6) is 1.12. The molecule has 3 unspecified atom stereocenters. The number of hydrogen-bond acceptors (Lipinski definition) is 3. The minimum Gasteiger partial charge on any atom is -0.336 e. The van der Waals surface area contributed by atoms with E-state index in [-0.39, 0.29) is 5.41 Å². The van der Waals surface area contributed by atoms with Crippen LogP contribution in [0.3, 0.4) is 0 Å². The zero-order chi connectivity index (χ0) is 13.1. The maximum absolute atomic E-state index is 4.76. The SMILES string of the molecule is CN=C(C)N1CN=C(C)C23C(C)=CC(C)SC2[C@H]13. The number of amidine groups is 1. The van der Waals surface area contributed by atoms with Crippen LogP contribution >= 0.6 is 11.8 Å². The van der Waals surface area contributed by atoms with E-state index in [1.807, 2.05) is 7.05 Å². The molecule has 0 aromatic heterocycles. The van der Waals surface area contributed by atoms with E-state index in [1.165, 1.54) is 11.3 Å². The third-order valence-corrected chi connectivity index (χ3v) is 6.21. The molecule has 0 saturated heterocycles. The molecule has 0 bridgehead atoms. The summed E-state index contributed by atoms with van der Waals surface area (Å²) in [6, 6.07) is 0.574. The first-order chi connectivity index (χ1) is 8.53. The van der Waals surface area contributed by atoms with Gasteiger partial charge in [0.15, 0.2) is 0 Å². The lowest BCUT2D eigenvalue weighted by Crippen LogP contribution is -2.41. The van der Waals surface area contributed by atoms with Crippen LogP contribution < -0.4 is 0 Å². The predicted molar refractivity (Wildman–Crippen MR) is 79.7 cm³/mol. The molecule has 1 saturated carbocycles. The van der Waals surface area contributed by atoms with Crippen LogP contribution in [-0.4, -0.2) is 46.7 Å². The molecule has 0 amide bonds. The summed E-state index contributed by atoms with van der Waals surface area (Å²) in [5.41, 5.74) is 3.05. The van der Waals surface area contributed by atoms with E-state index in [9.17, 15) is 0 Å². The fourth-order valence-electron chi connectivity index (χ4n) is 3.69. The van der Waals surface area contributed by atoms with Crippen molar-refractivity contribution >= 4 is 23.3 Å². The highest BCUT2D eigenvalue weighted by atomic mass is 32.2. The van der Waals surface area contributed by atoms with Crippen LogP contribution in [0.2, 0.25) is 0 Å². The molecule has 18 heavy (non-hydrogen) atoms. The number of hydrogen-bond donors (Lipinski definition) is 0. The average Bonchev–Trinajstić information content (AvgIpc) is 3.00. The van der Waals surface area contributed by atoms with Crippen LogP contribution in [0, 0.1) is 5.41 Å². The Morgan fingerprint density at radius 3 is 2.94 bits per heavy atom. The number of fused-ring (bicyclic) bond motifs is 1. The minimum atomic E-state index is 0.210. The summed E-state index contributed by atoms with van der Waals surface area (Å²) in [5, 5.41) is 1.29. The van der Waals surface area contributed by atoms with Gasteiger partial charge in [-0.3, -0.25) is 9.98 Å². The molecule has 1 aliphatic carbocycles. The highest BCUT2D eigenvalue weighted by Gasteiger charge is 2.72. The predicted octanol–water partition coefficient (Wildman–Crippen LogP) is 2.59. The summed E-state index contributed by atoms with van der Waals surface area (Å²) in [7, 11) is 1.87. The quantitative estimate of drug-likeness (QED) is 0.382. The monoisotopic (exact) mass is 263 g/mol.